The molecule has 0 unspecified atom stereocenters. The molecule has 1 aromatic carbocycles. The number of aromatic nitrogens is 2. The highest BCUT2D eigenvalue weighted by atomic mass is 16.5. The minimum atomic E-state index is 0.719. The third-order valence-corrected chi connectivity index (χ3v) is 5.39. The number of hydrogen-bond donors (Lipinski definition) is 0. The van der Waals surface area contributed by atoms with E-state index in [4.69, 9.17) is 4.74 Å². The van der Waals surface area contributed by atoms with E-state index in [1.807, 2.05) is 24.5 Å². The number of rotatable bonds is 7. The van der Waals surface area contributed by atoms with Crippen molar-refractivity contribution in [1.29, 1.82) is 0 Å². The van der Waals surface area contributed by atoms with Crippen molar-refractivity contribution in [3.63, 3.8) is 0 Å². The van der Waals surface area contributed by atoms with Crippen LogP contribution in [0.3, 0.4) is 0 Å². The van der Waals surface area contributed by atoms with Gasteiger partial charge in [-0.3, -0.25) is 0 Å². The molecule has 0 bridgehead atoms. The van der Waals surface area contributed by atoms with Crippen LogP contribution in [0.15, 0.2) is 36.7 Å². The monoisotopic (exact) mass is 338 g/mol. The van der Waals surface area contributed by atoms with Gasteiger partial charge in [-0.1, -0.05) is 39.5 Å². The van der Waals surface area contributed by atoms with Crippen molar-refractivity contribution >= 4 is 0 Å². The Morgan fingerprint density at radius 3 is 2.16 bits per heavy atom. The van der Waals surface area contributed by atoms with Crippen molar-refractivity contribution in [1.82, 2.24) is 9.97 Å². The highest BCUT2D eigenvalue weighted by Gasteiger charge is 2.20. The maximum absolute atomic E-state index is 6.02. The number of nitrogens with zero attached hydrogens (tertiary/aromatic N) is 2. The van der Waals surface area contributed by atoms with Gasteiger partial charge in [-0.05, 0) is 60.9 Å². The molecule has 0 atom stereocenters. The lowest BCUT2D eigenvalue weighted by Gasteiger charge is -2.27. The van der Waals surface area contributed by atoms with Crippen LogP contribution in [0.25, 0.3) is 11.4 Å². The molecule has 0 spiro atoms. The molecule has 1 aliphatic rings. The molecule has 25 heavy (non-hydrogen) atoms. The Bertz CT molecular complexity index is 628. The van der Waals surface area contributed by atoms with E-state index >= 15 is 0 Å². The summed E-state index contributed by atoms with van der Waals surface area (Å²) in [4.78, 5) is 8.96. The zero-order valence-corrected chi connectivity index (χ0v) is 15.6. The van der Waals surface area contributed by atoms with E-state index in [0.717, 1.165) is 48.4 Å². The Balaban J connectivity index is 1.52. The van der Waals surface area contributed by atoms with Crippen LogP contribution in [0.5, 0.6) is 5.75 Å². The molecule has 3 rings (SSSR count). The minimum Gasteiger partial charge on any atom is -0.493 e. The first kappa shape index (κ1) is 17.9. The van der Waals surface area contributed by atoms with Gasteiger partial charge in [-0.15, -0.1) is 0 Å². The fraction of sp³-hybridized carbons (Fsp3) is 0.545. The van der Waals surface area contributed by atoms with Crippen molar-refractivity contribution < 1.29 is 4.74 Å². The Hall–Kier alpha value is -1.90. The molecular formula is C22H30N2O. The summed E-state index contributed by atoms with van der Waals surface area (Å²) >= 11 is 0. The lowest BCUT2D eigenvalue weighted by Crippen LogP contribution is -2.19. The first-order valence-corrected chi connectivity index (χ1v) is 9.82. The first-order chi connectivity index (χ1) is 12.3. The summed E-state index contributed by atoms with van der Waals surface area (Å²) in [5, 5.41) is 0. The summed E-state index contributed by atoms with van der Waals surface area (Å²) in [6, 6.07) is 8.18. The second kappa shape index (κ2) is 8.98. The fourth-order valence-corrected chi connectivity index (χ4v) is 3.64. The van der Waals surface area contributed by atoms with Gasteiger partial charge in [-0.2, -0.15) is 0 Å². The fourth-order valence-electron chi connectivity index (χ4n) is 3.64. The second-order valence-electron chi connectivity index (χ2n) is 7.30. The standard InChI is InChI=1S/C22H30N2O/c1-3-5-19-14-23-22(24-15-19)20-10-12-21(13-11-20)25-16-18-8-6-17(4-2)7-9-18/h10-15,17-18H,3-9,16H2,1-2H3/t17-,18-. The van der Waals surface area contributed by atoms with Gasteiger partial charge in [0.1, 0.15) is 5.75 Å². The Labute approximate surface area is 151 Å². The van der Waals surface area contributed by atoms with Gasteiger partial charge >= 0.3 is 0 Å². The van der Waals surface area contributed by atoms with Gasteiger partial charge in [0, 0.05) is 18.0 Å². The van der Waals surface area contributed by atoms with Crippen LogP contribution in [0, 0.1) is 11.8 Å². The molecule has 1 aromatic heterocycles. The maximum Gasteiger partial charge on any atom is 0.159 e. The van der Waals surface area contributed by atoms with E-state index in [1.54, 1.807) is 0 Å². The predicted molar refractivity (Wildman–Crippen MR) is 103 cm³/mol. The van der Waals surface area contributed by atoms with Gasteiger partial charge in [0.15, 0.2) is 5.82 Å². The number of benzene rings is 1. The summed E-state index contributed by atoms with van der Waals surface area (Å²) < 4.78 is 6.02. The quantitative estimate of drug-likeness (QED) is 0.650. The van der Waals surface area contributed by atoms with Crippen LogP contribution >= 0.6 is 0 Å². The van der Waals surface area contributed by atoms with E-state index < -0.39 is 0 Å². The molecule has 0 N–H and O–H groups in total. The topological polar surface area (TPSA) is 35.0 Å². The molecular weight excluding hydrogens is 308 g/mol. The smallest absolute Gasteiger partial charge is 0.159 e. The number of aryl methyl sites for hydroxylation is 1. The zero-order chi connectivity index (χ0) is 17.5. The third kappa shape index (κ3) is 5.04. The summed E-state index contributed by atoms with van der Waals surface area (Å²) in [6.45, 7) is 5.32. The van der Waals surface area contributed by atoms with Crippen LogP contribution in [-0.2, 0) is 6.42 Å². The van der Waals surface area contributed by atoms with Crippen molar-refractivity contribution in [2.24, 2.45) is 11.8 Å². The molecule has 1 saturated carbocycles. The van der Waals surface area contributed by atoms with Gasteiger partial charge in [0.2, 0.25) is 0 Å². The summed E-state index contributed by atoms with van der Waals surface area (Å²) in [7, 11) is 0. The summed E-state index contributed by atoms with van der Waals surface area (Å²) in [5.41, 5.74) is 2.24. The highest BCUT2D eigenvalue weighted by molar-refractivity contribution is 5.55. The average molecular weight is 338 g/mol. The average Bonchev–Trinajstić information content (AvgIpc) is 2.68. The SMILES string of the molecule is CCCc1cnc(-c2ccc(OC[C@H]3CC[C@H](CC)CC3)cc2)nc1. The molecule has 0 aliphatic heterocycles. The molecule has 134 valence electrons. The van der Waals surface area contributed by atoms with Gasteiger partial charge in [0.25, 0.3) is 0 Å². The molecule has 1 aliphatic carbocycles. The molecule has 1 heterocycles. The summed E-state index contributed by atoms with van der Waals surface area (Å²) in [5.74, 6) is 3.39. The predicted octanol–water partition coefficient (Wildman–Crippen LogP) is 5.69. The first-order valence-electron chi connectivity index (χ1n) is 9.82. The lowest BCUT2D eigenvalue weighted by atomic mass is 9.81. The van der Waals surface area contributed by atoms with E-state index in [2.05, 4.69) is 35.9 Å². The van der Waals surface area contributed by atoms with E-state index in [0.29, 0.717) is 0 Å². The number of hydrogen-bond acceptors (Lipinski definition) is 3. The Morgan fingerprint density at radius 2 is 1.56 bits per heavy atom. The Kier molecular flexibility index (Phi) is 6.43. The normalized spacial score (nSPS) is 20.4. The second-order valence-corrected chi connectivity index (χ2v) is 7.30. The van der Waals surface area contributed by atoms with Crippen molar-refractivity contribution in [3.8, 4) is 17.1 Å². The lowest BCUT2D eigenvalue weighted by molar-refractivity contribution is 0.181. The van der Waals surface area contributed by atoms with E-state index in [-0.39, 0.29) is 0 Å². The largest absolute Gasteiger partial charge is 0.493 e. The van der Waals surface area contributed by atoms with Crippen LogP contribution in [0.4, 0.5) is 0 Å². The van der Waals surface area contributed by atoms with Gasteiger partial charge < -0.3 is 4.74 Å². The van der Waals surface area contributed by atoms with Gasteiger partial charge in [-0.25, -0.2) is 9.97 Å². The van der Waals surface area contributed by atoms with Gasteiger partial charge in [0.05, 0.1) is 6.61 Å². The van der Waals surface area contributed by atoms with E-state index in [1.165, 1.54) is 37.7 Å². The van der Waals surface area contributed by atoms with Crippen LogP contribution in [-0.4, -0.2) is 16.6 Å². The zero-order valence-electron chi connectivity index (χ0n) is 15.6. The molecule has 2 aromatic rings. The number of ether oxygens (including phenoxy) is 1. The van der Waals surface area contributed by atoms with Crippen molar-refractivity contribution in [2.45, 2.75) is 58.8 Å². The van der Waals surface area contributed by atoms with Crippen molar-refractivity contribution in [3.05, 3.63) is 42.2 Å². The van der Waals surface area contributed by atoms with Crippen LogP contribution < -0.4 is 4.74 Å². The van der Waals surface area contributed by atoms with Crippen LogP contribution in [0.2, 0.25) is 0 Å². The maximum atomic E-state index is 6.02. The molecule has 3 nitrogen and oxygen atoms in total. The molecule has 0 radical (unpaired) electrons. The minimum absolute atomic E-state index is 0.719. The van der Waals surface area contributed by atoms with Crippen LogP contribution in [0.1, 0.15) is 57.9 Å². The van der Waals surface area contributed by atoms with E-state index in [9.17, 15) is 0 Å². The Morgan fingerprint density at radius 1 is 0.920 bits per heavy atom. The highest BCUT2D eigenvalue weighted by Crippen LogP contribution is 2.31. The molecule has 0 saturated heterocycles. The third-order valence-electron chi connectivity index (χ3n) is 5.39. The molecule has 3 heteroatoms. The van der Waals surface area contributed by atoms with Crippen molar-refractivity contribution in [2.75, 3.05) is 6.61 Å². The molecule has 1 fully saturated rings. The summed E-state index contributed by atoms with van der Waals surface area (Å²) in [6.07, 6.45) is 12.7. The molecule has 0 amide bonds.